The van der Waals surface area contributed by atoms with Gasteiger partial charge in [-0.2, -0.15) is 0 Å². The summed E-state index contributed by atoms with van der Waals surface area (Å²) < 4.78 is 26.5. The zero-order valence-corrected chi connectivity index (χ0v) is 26.1. The molecule has 0 aliphatic carbocycles. The first-order chi connectivity index (χ1) is 22.8. The van der Waals surface area contributed by atoms with Crippen molar-refractivity contribution in [2.24, 2.45) is 0 Å². The maximum Gasteiger partial charge on any atom is 0.114 e. The molecule has 0 N–H and O–H groups in total. The van der Waals surface area contributed by atoms with Gasteiger partial charge in [0.2, 0.25) is 0 Å². The molecule has 0 unspecified atom stereocenters. The van der Waals surface area contributed by atoms with Crippen LogP contribution in [0.5, 0.6) is 0 Å². The quantitative estimate of drug-likeness (QED) is 0.120. The fourth-order valence-electron chi connectivity index (χ4n) is 5.87. The molecule has 5 nitrogen and oxygen atoms in total. The third-order valence-electron chi connectivity index (χ3n) is 8.26. The van der Waals surface area contributed by atoms with E-state index in [1.165, 1.54) is 11.1 Å². The maximum absolute atomic E-state index is 6.90. The molecule has 1 heterocycles. The van der Waals surface area contributed by atoms with Gasteiger partial charge in [0.05, 0.1) is 32.5 Å². The first-order valence-corrected chi connectivity index (χ1v) is 16.1. The molecule has 0 spiro atoms. The monoisotopic (exact) mass is 612 g/mol. The van der Waals surface area contributed by atoms with E-state index in [1.807, 2.05) is 61.2 Å². The second-order valence-electron chi connectivity index (χ2n) is 11.7. The molecule has 6 rings (SSSR count). The van der Waals surface area contributed by atoms with Crippen LogP contribution in [-0.2, 0) is 51.9 Å². The molecule has 1 radical (unpaired) electrons. The normalized spacial score (nSPS) is 19.7. The van der Waals surface area contributed by atoms with Crippen LogP contribution in [0.1, 0.15) is 27.8 Å². The third-order valence-corrected chi connectivity index (χ3v) is 8.26. The fourth-order valence-corrected chi connectivity index (χ4v) is 5.87. The van der Waals surface area contributed by atoms with Crippen LogP contribution in [-0.4, -0.2) is 35.9 Å². The lowest BCUT2D eigenvalue weighted by Crippen LogP contribution is -2.59. The highest BCUT2D eigenvalue weighted by Crippen LogP contribution is 2.31. The Morgan fingerprint density at radius 1 is 0.457 bits per heavy atom. The number of nitrogens with zero attached hydrogens (tertiary/aromatic N) is 1. The molecular weight excluding hydrogens is 570 g/mol. The van der Waals surface area contributed by atoms with E-state index in [4.69, 9.17) is 18.9 Å². The molecule has 1 aliphatic rings. The van der Waals surface area contributed by atoms with Crippen LogP contribution in [0.2, 0.25) is 0 Å². The molecule has 5 aromatic carbocycles. The second-order valence-corrected chi connectivity index (χ2v) is 11.7. The molecule has 5 aromatic rings. The molecule has 235 valence electrons. The molecule has 1 aliphatic heterocycles. The minimum absolute atomic E-state index is 0.185. The van der Waals surface area contributed by atoms with Crippen molar-refractivity contribution < 1.29 is 18.9 Å². The van der Waals surface area contributed by atoms with Crippen LogP contribution >= 0.6 is 0 Å². The van der Waals surface area contributed by atoms with Crippen LogP contribution < -0.4 is 0 Å². The van der Waals surface area contributed by atoms with Gasteiger partial charge in [-0.05, 0) is 27.8 Å². The highest BCUT2D eigenvalue weighted by Gasteiger charge is 2.45. The van der Waals surface area contributed by atoms with Crippen LogP contribution in [0, 0.1) is 6.61 Å². The SMILES string of the molecule is [CH]1O[C@H](COCc2ccccc2)[C@H](OCc2ccccc2)[C@H](OCc2ccccc2)[C@H]1N(Cc1ccccc1)Cc1ccccc1. The maximum atomic E-state index is 6.90. The molecule has 46 heavy (non-hydrogen) atoms. The van der Waals surface area contributed by atoms with Crippen molar-refractivity contribution in [3.63, 3.8) is 0 Å². The van der Waals surface area contributed by atoms with E-state index in [0.717, 1.165) is 29.8 Å². The van der Waals surface area contributed by atoms with Gasteiger partial charge in [-0.25, -0.2) is 0 Å². The van der Waals surface area contributed by atoms with Crippen molar-refractivity contribution in [3.8, 4) is 0 Å². The predicted molar refractivity (Wildman–Crippen MR) is 181 cm³/mol. The van der Waals surface area contributed by atoms with E-state index in [9.17, 15) is 0 Å². The number of rotatable bonds is 15. The van der Waals surface area contributed by atoms with Gasteiger partial charge < -0.3 is 18.9 Å². The molecule has 0 aromatic heterocycles. The van der Waals surface area contributed by atoms with Gasteiger partial charge >= 0.3 is 0 Å². The van der Waals surface area contributed by atoms with Gasteiger partial charge in [-0.15, -0.1) is 0 Å². The van der Waals surface area contributed by atoms with Crippen LogP contribution in [0.3, 0.4) is 0 Å². The number of ether oxygens (including phenoxy) is 4. The Hall–Kier alpha value is -4.10. The number of benzene rings is 5. The standard InChI is InChI=1S/C41H42NO4/c1-6-16-33(17-7-1)26-42(27-34-18-8-2-9-19-34)38-31-44-39(32-43-28-35-20-10-3-11-21-35)41(46-30-37-24-14-5-15-25-37)40(38)45-29-36-22-12-4-13-23-36/h1-25,31,38-41H,26-30,32H2/t38-,39+,40+,41-/m0/s1. The van der Waals surface area contributed by atoms with Gasteiger partial charge in [-0.1, -0.05) is 152 Å². The molecule has 0 saturated carbocycles. The Bertz CT molecular complexity index is 1500. The largest absolute Gasteiger partial charge is 0.374 e. The number of hydrogen-bond acceptors (Lipinski definition) is 5. The van der Waals surface area contributed by atoms with E-state index >= 15 is 0 Å². The Morgan fingerprint density at radius 3 is 1.30 bits per heavy atom. The van der Waals surface area contributed by atoms with Crippen molar-refractivity contribution in [2.45, 2.75) is 57.3 Å². The molecule has 0 amide bonds. The summed E-state index contributed by atoms with van der Waals surface area (Å²) in [6.07, 6.45) is -1.06. The fraction of sp³-hybridized carbons (Fsp3) is 0.244. The topological polar surface area (TPSA) is 40.2 Å². The summed E-state index contributed by atoms with van der Waals surface area (Å²) in [6.45, 7) is 5.19. The summed E-state index contributed by atoms with van der Waals surface area (Å²) in [5.41, 5.74) is 5.79. The van der Waals surface area contributed by atoms with Gasteiger partial charge in [-0.3, -0.25) is 4.90 Å². The van der Waals surface area contributed by atoms with Crippen LogP contribution in [0.15, 0.2) is 152 Å². The highest BCUT2D eigenvalue weighted by molar-refractivity contribution is 5.20. The van der Waals surface area contributed by atoms with Crippen molar-refractivity contribution in [3.05, 3.63) is 186 Å². The predicted octanol–water partition coefficient (Wildman–Crippen LogP) is 8.01. The summed E-state index contributed by atoms with van der Waals surface area (Å²) in [5, 5.41) is 0. The van der Waals surface area contributed by atoms with E-state index in [2.05, 4.69) is 102 Å². The van der Waals surface area contributed by atoms with Crippen LogP contribution in [0.25, 0.3) is 0 Å². The minimum atomic E-state index is -0.385. The summed E-state index contributed by atoms with van der Waals surface area (Å²) in [6, 6.07) is 51.8. The lowest BCUT2D eigenvalue weighted by atomic mass is 9.95. The molecular formula is C41H42NO4. The first-order valence-electron chi connectivity index (χ1n) is 16.1. The average Bonchev–Trinajstić information content (AvgIpc) is 3.12. The minimum Gasteiger partial charge on any atom is -0.374 e. The molecule has 4 atom stereocenters. The molecule has 1 saturated heterocycles. The smallest absolute Gasteiger partial charge is 0.114 e. The van der Waals surface area contributed by atoms with E-state index in [0.29, 0.717) is 26.4 Å². The van der Waals surface area contributed by atoms with Gasteiger partial charge in [0.25, 0.3) is 0 Å². The summed E-state index contributed by atoms with van der Waals surface area (Å²) in [7, 11) is 0. The molecule has 1 fully saturated rings. The Balaban J connectivity index is 1.30. The highest BCUT2D eigenvalue weighted by atomic mass is 16.6. The Morgan fingerprint density at radius 2 is 0.848 bits per heavy atom. The lowest BCUT2D eigenvalue weighted by Gasteiger charge is -2.46. The van der Waals surface area contributed by atoms with E-state index in [-0.39, 0.29) is 24.4 Å². The van der Waals surface area contributed by atoms with Crippen molar-refractivity contribution in [1.29, 1.82) is 0 Å². The van der Waals surface area contributed by atoms with Crippen molar-refractivity contribution >= 4 is 0 Å². The van der Waals surface area contributed by atoms with Crippen molar-refractivity contribution in [1.82, 2.24) is 4.90 Å². The summed E-state index contributed by atoms with van der Waals surface area (Å²) in [5.74, 6) is 0. The van der Waals surface area contributed by atoms with Gasteiger partial charge in [0.15, 0.2) is 0 Å². The van der Waals surface area contributed by atoms with Gasteiger partial charge in [0.1, 0.15) is 24.9 Å². The van der Waals surface area contributed by atoms with Crippen molar-refractivity contribution in [2.75, 3.05) is 6.61 Å². The summed E-state index contributed by atoms with van der Waals surface area (Å²) in [4.78, 5) is 2.43. The third kappa shape index (κ3) is 9.23. The zero-order valence-electron chi connectivity index (χ0n) is 26.1. The van der Waals surface area contributed by atoms with Crippen LogP contribution in [0.4, 0.5) is 0 Å². The Labute approximate surface area is 273 Å². The Kier molecular flexibility index (Phi) is 11.8. The zero-order chi connectivity index (χ0) is 31.2. The molecule has 5 heteroatoms. The van der Waals surface area contributed by atoms with Gasteiger partial charge in [0, 0.05) is 13.1 Å². The summed E-state index contributed by atoms with van der Waals surface area (Å²) >= 11 is 0. The average molecular weight is 613 g/mol. The molecule has 0 bridgehead atoms. The van der Waals surface area contributed by atoms with E-state index in [1.54, 1.807) is 0 Å². The number of hydrogen-bond donors (Lipinski definition) is 0. The van der Waals surface area contributed by atoms with E-state index < -0.39 is 0 Å². The lowest BCUT2D eigenvalue weighted by molar-refractivity contribution is -0.207. The first kappa shape index (κ1) is 31.9. The second kappa shape index (κ2) is 17.0.